The number of fused-ring (bicyclic) bond motifs is 3. The van der Waals surface area contributed by atoms with Gasteiger partial charge in [0, 0.05) is 17.3 Å². The first kappa shape index (κ1) is 13.8. The fourth-order valence-corrected chi connectivity index (χ4v) is 3.88. The van der Waals surface area contributed by atoms with Crippen LogP contribution >= 0.6 is 0 Å². The van der Waals surface area contributed by atoms with Gasteiger partial charge in [0.05, 0.1) is 15.0 Å². The van der Waals surface area contributed by atoms with Crippen LogP contribution in [0.5, 0.6) is 0 Å². The molecule has 2 heterocycles. The van der Waals surface area contributed by atoms with Gasteiger partial charge >= 0.3 is 0 Å². The zero-order valence-corrected chi connectivity index (χ0v) is 14.5. The Labute approximate surface area is 141 Å². The fraction of sp³-hybridized carbons (Fsp3) is 0.550. The molecule has 1 aromatic heterocycles. The number of hydrogen-bond donors (Lipinski definition) is 1. The maximum Gasteiger partial charge on any atom is 0.123 e. The lowest BCUT2D eigenvalue weighted by atomic mass is 9.80. The predicted octanol–water partition coefficient (Wildman–Crippen LogP) is 4.44. The fourth-order valence-electron chi connectivity index (χ4n) is 3.88. The number of aromatic nitrogens is 1. The molecule has 0 radical (unpaired) electrons. The van der Waals surface area contributed by atoms with Crippen molar-refractivity contribution in [2.75, 3.05) is 6.61 Å². The molecule has 0 spiro atoms. The smallest absolute Gasteiger partial charge is 0.123 e. The molecule has 0 unspecified atom stereocenters. The molecular weight excluding hydrogens is 286 g/mol. The largest absolute Gasteiger partial charge is 0.368 e. The van der Waals surface area contributed by atoms with E-state index in [2.05, 4.69) is 25.8 Å². The summed E-state index contributed by atoms with van der Waals surface area (Å²) >= 11 is 0. The number of H-pyrrole nitrogens is 1. The van der Waals surface area contributed by atoms with Crippen LogP contribution in [-0.2, 0) is 28.0 Å². The zero-order chi connectivity index (χ0) is 18.4. The number of carbonyl (C=O) groups is 1. The molecule has 1 aliphatic rings. The summed E-state index contributed by atoms with van der Waals surface area (Å²) in [4.78, 5) is 14.9. The summed E-state index contributed by atoms with van der Waals surface area (Å²) in [6.07, 6.45) is 3.79. The van der Waals surface area contributed by atoms with E-state index in [1.807, 2.05) is 6.92 Å². The van der Waals surface area contributed by atoms with Gasteiger partial charge in [-0.2, -0.15) is 0 Å². The van der Waals surface area contributed by atoms with E-state index in [1.54, 1.807) is 0 Å². The molecule has 3 rings (SSSR count). The molecule has 1 aliphatic heterocycles. The Morgan fingerprint density at radius 3 is 2.91 bits per heavy atom. The Bertz CT molecular complexity index is 825. The molecule has 0 fully saturated rings. The Morgan fingerprint density at radius 2 is 2.26 bits per heavy atom. The van der Waals surface area contributed by atoms with Crippen LogP contribution in [0.2, 0.25) is 0 Å². The number of rotatable bonds is 5. The second-order valence-corrected chi connectivity index (χ2v) is 6.85. The minimum absolute atomic E-state index is 0.130. The van der Waals surface area contributed by atoms with E-state index in [9.17, 15) is 4.79 Å². The number of benzene rings is 1. The molecule has 3 nitrogen and oxygen atoms in total. The standard InChI is InChI=1S/C20H27NO2/c1-5-6-15-14(4)7-8-16-17-9-12-23-20(10-11-22,13(2)3)19(17)21-18(15)16/h7-8,11,13,21H,5-6,9-10,12H2,1-4H3/t20-/m0/s1/i7D,8D. The monoisotopic (exact) mass is 315 g/mol. The van der Waals surface area contributed by atoms with E-state index >= 15 is 0 Å². The van der Waals surface area contributed by atoms with Gasteiger partial charge in [0.15, 0.2) is 0 Å². The minimum atomic E-state index is -0.666. The Balaban J connectivity index is 2.40. The van der Waals surface area contributed by atoms with E-state index in [0.717, 1.165) is 52.4 Å². The van der Waals surface area contributed by atoms with Crippen LogP contribution in [0.25, 0.3) is 10.9 Å². The van der Waals surface area contributed by atoms with Gasteiger partial charge in [-0.25, -0.2) is 0 Å². The topological polar surface area (TPSA) is 42.1 Å². The zero-order valence-electron chi connectivity index (χ0n) is 16.5. The predicted molar refractivity (Wildman–Crippen MR) is 93.9 cm³/mol. The lowest BCUT2D eigenvalue weighted by Gasteiger charge is -2.39. The lowest BCUT2D eigenvalue weighted by molar-refractivity contribution is -0.127. The number of ether oxygens (including phenoxy) is 1. The summed E-state index contributed by atoms with van der Waals surface area (Å²) in [7, 11) is 0. The molecule has 2 aromatic rings. The average molecular weight is 315 g/mol. The number of carbonyl (C=O) groups excluding carboxylic acids is 1. The number of hydrogen-bond acceptors (Lipinski definition) is 2. The molecule has 3 heteroatoms. The quantitative estimate of drug-likeness (QED) is 0.829. The van der Waals surface area contributed by atoms with Gasteiger partial charge in [0.1, 0.15) is 11.9 Å². The summed E-state index contributed by atoms with van der Waals surface area (Å²) in [6.45, 7) is 8.73. The Kier molecular flexibility index (Phi) is 3.67. The molecule has 1 aromatic carbocycles. The number of aromatic amines is 1. The van der Waals surface area contributed by atoms with Crippen molar-refractivity contribution in [2.24, 2.45) is 5.92 Å². The van der Waals surface area contributed by atoms with Crippen LogP contribution in [0, 0.1) is 12.8 Å². The van der Waals surface area contributed by atoms with E-state index in [0.29, 0.717) is 25.5 Å². The molecule has 0 saturated heterocycles. The van der Waals surface area contributed by atoms with Gasteiger partial charge in [-0.1, -0.05) is 39.3 Å². The highest BCUT2D eigenvalue weighted by molar-refractivity contribution is 5.89. The molecule has 0 bridgehead atoms. The van der Waals surface area contributed by atoms with Gasteiger partial charge < -0.3 is 14.5 Å². The van der Waals surface area contributed by atoms with Gasteiger partial charge in [0.2, 0.25) is 0 Å². The molecule has 23 heavy (non-hydrogen) atoms. The SMILES string of the molecule is [2H]c1c(C)c(CCC)c2[nH]c3c(c2c1[2H])CCO[C@@]3(CC=O)C(C)C. The summed E-state index contributed by atoms with van der Waals surface area (Å²) in [5, 5.41) is 0.855. The van der Waals surface area contributed by atoms with Crippen molar-refractivity contribution in [3.63, 3.8) is 0 Å². The molecule has 0 amide bonds. The van der Waals surface area contributed by atoms with Crippen molar-refractivity contribution in [1.29, 1.82) is 0 Å². The second-order valence-electron chi connectivity index (χ2n) is 6.85. The van der Waals surface area contributed by atoms with Gasteiger partial charge in [-0.3, -0.25) is 0 Å². The summed E-state index contributed by atoms with van der Waals surface area (Å²) in [5.41, 5.74) is 4.30. The molecule has 0 saturated carbocycles. The normalized spacial score (nSPS) is 22.1. The molecule has 124 valence electrons. The third-order valence-corrected chi connectivity index (χ3v) is 5.19. The first-order valence-corrected chi connectivity index (χ1v) is 8.60. The van der Waals surface area contributed by atoms with Crippen LogP contribution in [-0.4, -0.2) is 17.9 Å². The average Bonchev–Trinajstić information content (AvgIpc) is 2.97. The Morgan fingerprint density at radius 1 is 1.48 bits per heavy atom. The number of nitrogens with one attached hydrogen (secondary N) is 1. The number of aryl methyl sites for hydroxylation is 1. The van der Waals surface area contributed by atoms with Crippen LogP contribution in [0.1, 0.15) is 58.7 Å². The highest BCUT2D eigenvalue weighted by Crippen LogP contribution is 2.44. The maximum atomic E-state index is 11.4. The maximum absolute atomic E-state index is 11.4. The van der Waals surface area contributed by atoms with Gasteiger partial charge in [-0.15, -0.1) is 0 Å². The van der Waals surface area contributed by atoms with Crippen molar-refractivity contribution in [3.8, 4) is 0 Å². The highest BCUT2D eigenvalue weighted by atomic mass is 16.5. The lowest BCUT2D eigenvalue weighted by Crippen LogP contribution is -2.40. The highest BCUT2D eigenvalue weighted by Gasteiger charge is 2.42. The van der Waals surface area contributed by atoms with Gasteiger partial charge in [-0.05, 0) is 42.4 Å². The van der Waals surface area contributed by atoms with Crippen LogP contribution < -0.4 is 0 Å². The van der Waals surface area contributed by atoms with Gasteiger partial charge in [0.25, 0.3) is 0 Å². The summed E-state index contributed by atoms with van der Waals surface area (Å²) in [6, 6.07) is 0.602. The molecule has 0 aliphatic carbocycles. The van der Waals surface area contributed by atoms with Crippen molar-refractivity contribution in [2.45, 2.75) is 59.0 Å². The van der Waals surface area contributed by atoms with Crippen LogP contribution in [0.15, 0.2) is 12.1 Å². The van der Waals surface area contributed by atoms with Crippen molar-refractivity contribution >= 4 is 17.2 Å². The summed E-state index contributed by atoms with van der Waals surface area (Å²) in [5.74, 6) is 0.130. The molecule has 1 atom stereocenters. The Hall–Kier alpha value is -1.61. The first-order valence-electron chi connectivity index (χ1n) is 9.60. The van der Waals surface area contributed by atoms with Crippen LogP contribution in [0.3, 0.4) is 0 Å². The molecule has 1 N–H and O–H groups in total. The minimum Gasteiger partial charge on any atom is -0.368 e. The first-order chi connectivity index (χ1) is 11.9. The van der Waals surface area contributed by atoms with Crippen molar-refractivity contribution in [3.05, 3.63) is 34.5 Å². The third-order valence-electron chi connectivity index (χ3n) is 5.19. The van der Waals surface area contributed by atoms with Crippen LogP contribution in [0.4, 0.5) is 0 Å². The third kappa shape index (κ3) is 2.42. The summed E-state index contributed by atoms with van der Waals surface area (Å²) < 4.78 is 23.1. The number of aldehydes is 1. The van der Waals surface area contributed by atoms with E-state index in [4.69, 9.17) is 7.48 Å². The van der Waals surface area contributed by atoms with E-state index < -0.39 is 5.60 Å². The second kappa shape index (κ2) is 6.12. The van der Waals surface area contributed by atoms with E-state index in [-0.39, 0.29) is 12.0 Å². The van der Waals surface area contributed by atoms with E-state index in [1.165, 1.54) is 0 Å². The van der Waals surface area contributed by atoms with Crippen molar-refractivity contribution in [1.82, 2.24) is 4.98 Å². The van der Waals surface area contributed by atoms with Crippen molar-refractivity contribution < 1.29 is 12.3 Å². The molecular formula is C20H27NO2.